The monoisotopic (exact) mass is 1150 g/mol. The second kappa shape index (κ2) is 20.6. The van der Waals surface area contributed by atoms with E-state index in [1.807, 2.05) is 76.4 Å². The van der Waals surface area contributed by atoms with Crippen molar-refractivity contribution in [2.45, 2.75) is 98.5 Å². The molecule has 7 aromatic carbocycles. The quantitative estimate of drug-likeness (QED) is 0.101. The second-order valence-corrected chi connectivity index (χ2v) is 31.4. The standard InChI is InChI=1S/C46H43N2OSi.C17H21FNSi.Ir/c1-29(2)39-26-34(32-20-23-35(24-21-32)50(5,6)7)27-40(30(3)4)44(39)48-42-19-12-11-18-41(42)47-46(48)38-17-13-16-37-36-25-22-33(28-43(36)49-45(37)38)31-14-9-8-10-15-31;1-12(2)15-10-16(13-6-8-14(18)9-7-13)19-11-17(15)20(3,4)5;/h8-16,18-30H,1-7H3;6,8-12H,1-5H3;/q2*-1;/i29D,30D;;. The minimum Gasteiger partial charge on any atom is -0.501 e. The average molecular weight is 1150 g/mol. The van der Waals surface area contributed by atoms with Gasteiger partial charge in [-0.25, -0.2) is 0 Å². The van der Waals surface area contributed by atoms with Crippen LogP contribution in [0.2, 0.25) is 39.3 Å². The SMILES string of the molecule is CC(C)c1cc(-c2[c-]cc(F)cc2)ncc1[Si](C)(C)C.[2H]C(C)(C)c1cc(-c2ccc([Si](C)(C)C)cc2)cc(C([2H])(C)C)c1-n1c(-c2[c-]ccc3c2oc2cc(-c4ccccc4)ccc23)nc2ccccc21.[Ir]. The zero-order valence-electron chi connectivity index (χ0n) is 45.0. The number of rotatable bonds is 10. The van der Waals surface area contributed by atoms with Gasteiger partial charge in [0.15, 0.2) is 0 Å². The number of nitrogens with zero attached hydrogens (tertiary/aromatic N) is 3. The molecule has 8 heteroatoms. The normalized spacial score (nSPS) is 12.7. The Bertz CT molecular complexity index is 3560. The van der Waals surface area contributed by atoms with Gasteiger partial charge in [0.05, 0.1) is 38.6 Å². The molecule has 0 aliphatic carbocycles. The summed E-state index contributed by atoms with van der Waals surface area (Å²) in [4.78, 5) is 9.83. The summed E-state index contributed by atoms with van der Waals surface area (Å²) in [5.74, 6) is -1.16. The van der Waals surface area contributed by atoms with Crippen LogP contribution in [0.5, 0.6) is 0 Å². The van der Waals surface area contributed by atoms with Crippen LogP contribution in [-0.4, -0.2) is 30.7 Å². The number of imidazole rings is 1. The molecule has 10 rings (SSSR count). The van der Waals surface area contributed by atoms with E-state index >= 15 is 0 Å². The maximum Gasteiger partial charge on any atom is 0.121 e. The molecule has 0 aliphatic heterocycles. The first kappa shape index (κ1) is 48.6. The van der Waals surface area contributed by atoms with E-state index in [4.69, 9.17) is 9.40 Å². The fraction of sp³-hybridized carbons (Fsp3) is 0.238. The van der Waals surface area contributed by atoms with Gasteiger partial charge in [-0.1, -0.05) is 187 Å². The van der Waals surface area contributed by atoms with Crippen molar-refractivity contribution in [1.29, 1.82) is 0 Å². The van der Waals surface area contributed by atoms with Crippen molar-refractivity contribution in [1.82, 2.24) is 14.5 Å². The topological polar surface area (TPSA) is 43.9 Å². The maximum atomic E-state index is 13.0. The van der Waals surface area contributed by atoms with Gasteiger partial charge in [-0.15, -0.1) is 48.0 Å². The Morgan fingerprint density at radius 1 is 0.634 bits per heavy atom. The van der Waals surface area contributed by atoms with Crippen LogP contribution in [0.4, 0.5) is 4.39 Å². The number of pyridine rings is 1. The van der Waals surface area contributed by atoms with E-state index in [1.165, 1.54) is 28.1 Å². The van der Waals surface area contributed by atoms with Crippen LogP contribution in [0.3, 0.4) is 0 Å². The van der Waals surface area contributed by atoms with Gasteiger partial charge in [-0.2, -0.15) is 0 Å². The smallest absolute Gasteiger partial charge is 0.121 e. The Balaban J connectivity index is 0.000000285. The van der Waals surface area contributed by atoms with E-state index in [0.29, 0.717) is 17.3 Å². The number of hydrogen-bond acceptors (Lipinski definition) is 3. The maximum absolute atomic E-state index is 13.0. The predicted molar refractivity (Wildman–Crippen MR) is 300 cm³/mol. The zero-order valence-corrected chi connectivity index (χ0v) is 47.4. The Morgan fingerprint density at radius 3 is 1.90 bits per heavy atom. The van der Waals surface area contributed by atoms with Crippen molar-refractivity contribution < 1.29 is 31.7 Å². The summed E-state index contributed by atoms with van der Waals surface area (Å²) in [5.41, 5.74) is 13.8. The van der Waals surface area contributed by atoms with Crippen LogP contribution in [0, 0.1) is 17.9 Å². The second-order valence-electron chi connectivity index (χ2n) is 21.3. The van der Waals surface area contributed by atoms with Gasteiger partial charge in [-0.3, -0.25) is 9.37 Å². The molecule has 10 aromatic rings. The number of halogens is 1. The molecule has 3 heterocycles. The molecule has 1 radical (unpaired) electrons. The van der Waals surface area contributed by atoms with Crippen LogP contribution in [0.1, 0.15) is 78.7 Å². The van der Waals surface area contributed by atoms with Crippen LogP contribution in [0.15, 0.2) is 156 Å². The van der Waals surface area contributed by atoms with Gasteiger partial charge in [0.1, 0.15) is 5.58 Å². The molecular formula is C63H64FIrN3OSi2-2. The molecule has 0 amide bonds. The molecule has 0 aliphatic rings. The van der Waals surface area contributed by atoms with E-state index in [9.17, 15) is 7.13 Å². The number of fused-ring (bicyclic) bond motifs is 4. The summed E-state index contributed by atoms with van der Waals surface area (Å²) in [6.45, 7) is 26.2. The summed E-state index contributed by atoms with van der Waals surface area (Å²) >= 11 is 0. The van der Waals surface area contributed by atoms with Gasteiger partial charge < -0.3 is 14.0 Å². The molecule has 0 spiro atoms. The fourth-order valence-electron chi connectivity index (χ4n) is 9.39. The van der Waals surface area contributed by atoms with Crippen molar-refractivity contribution in [3.8, 4) is 50.6 Å². The van der Waals surface area contributed by atoms with Gasteiger partial charge >= 0.3 is 0 Å². The number of aromatic nitrogens is 3. The average Bonchev–Trinajstić information content (AvgIpc) is 3.91. The third-order valence-electron chi connectivity index (χ3n) is 13.2. The summed E-state index contributed by atoms with van der Waals surface area (Å²) < 4.78 is 41.0. The third kappa shape index (κ3) is 10.5. The van der Waals surface area contributed by atoms with Crippen LogP contribution in [-0.2, 0) is 20.1 Å². The van der Waals surface area contributed by atoms with Crippen molar-refractivity contribution in [2.75, 3.05) is 0 Å². The Labute approximate surface area is 438 Å². The Morgan fingerprint density at radius 2 is 1.28 bits per heavy atom. The molecule has 0 bridgehead atoms. The fourth-order valence-corrected chi connectivity index (χ4v) is 12.2. The van der Waals surface area contributed by atoms with E-state index in [0.717, 1.165) is 83.3 Å². The summed E-state index contributed by atoms with van der Waals surface area (Å²) in [7, 11) is -2.89. The molecule has 363 valence electrons. The van der Waals surface area contributed by atoms with E-state index < -0.39 is 27.9 Å². The number of hydrogen-bond donors (Lipinski definition) is 0. The first-order valence-corrected chi connectivity index (χ1v) is 31.4. The van der Waals surface area contributed by atoms with Crippen molar-refractivity contribution in [3.63, 3.8) is 0 Å². The molecule has 0 atom stereocenters. The van der Waals surface area contributed by atoms with Crippen LogP contribution >= 0.6 is 0 Å². The van der Waals surface area contributed by atoms with Crippen molar-refractivity contribution in [3.05, 3.63) is 186 Å². The van der Waals surface area contributed by atoms with E-state index in [-0.39, 0.29) is 25.9 Å². The molecule has 0 fully saturated rings. The molecule has 4 nitrogen and oxygen atoms in total. The number of para-hydroxylation sites is 2. The van der Waals surface area contributed by atoms with Gasteiger partial charge in [0.25, 0.3) is 0 Å². The molecule has 0 saturated carbocycles. The number of benzene rings is 7. The summed E-state index contributed by atoms with van der Waals surface area (Å²) in [6, 6.07) is 55.2. The first-order valence-electron chi connectivity index (χ1n) is 25.4. The molecule has 0 N–H and O–H groups in total. The first-order chi connectivity index (χ1) is 34.0. The Hall–Kier alpha value is -6.03. The van der Waals surface area contributed by atoms with Gasteiger partial charge in [-0.05, 0) is 92.3 Å². The summed E-state index contributed by atoms with van der Waals surface area (Å²) in [6.07, 6.45) is 2.01. The third-order valence-corrected chi connectivity index (χ3v) is 17.3. The van der Waals surface area contributed by atoms with E-state index in [1.54, 1.807) is 6.07 Å². The minimum atomic E-state index is -1.48. The van der Waals surface area contributed by atoms with Crippen molar-refractivity contribution >= 4 is 59.5 Å². The molecular weight excluding hydrogens is 1080 g/mol. The van der Waals surface area contributed by atoms with Gasteiger partial charge in [0, 0.05) is 45.9 Å². The van der Waals surface area contributed by atoms with E-state index in [2.05, 4.69) is 160 Å². The van der Waals surface area contributed by atoms with Crippen molar-refractivity contribution in [2.24, 2.45) is 0 Å². The largest absolute Gasteiger partial charge is 0.501 e. The van der Waals surface area contributed by atoms with Crippen LogP contribution in [0.25, 0.3) is 83.6 Å². The molecule has 71 heavy (non-hydrogen) atoms. The molecule has 0 unspecified atom stereocenters. The summed E-state index contributed by atoms with van der Waals surface area (Å²) in [5, 5.41) is 4.81. The Kier molecular flexibility index (Phi) is 14.1. The molecule has 3 aromatic heterocycles. The van der Waals surface area contributed by atoms with Gasteiger partial charge in [0.2, 0.25) is 0 Å². The minimum absolute atomic E-state index is 0. The predicted octanol–water partition coefficient (Wildman–Crippen LogP) is 16.9. The van der Waals surface area contributed by atoms with Crippen LogP contribution < -0.4 is 10.4 Å². The zero-order chi connectivity index (χ0) is 51.5. The number of furan rings is 1. The molecule has 0 saturated heterocycles.